The molecule has 1 aliphatic carbocycles. The summed E-state index contributed by atoms with van der Waals surface area (Å²) in [6.07, 6.45) is 6.83. The summed E-state index contributed by atoms with van der Waals surface area (Å²) in [6, 6.07) is 14.0. The lowest BCUT2D eigenvalue weighted by Crippen LogP contribution is -2.13. The number of hydrogen-bond donors (Lipinski definition) is 1. The molecule has 19 heavy (non-hydrogen) atoms. The number of nitrogens with zero attached hydrogens (tertiary/aromatic N) is 1. The maximum absolute atomic E-state index is 10.1. The Hall–Kier alpha value is -1.83. The van der Waals surface area contributed by atoms with Crippen LogP contribution in [0.3, 0.4) is 0 Å². The smallest absolute Gasteiger partial charge is 0.137 e. The van der Waals surface area contributed by atoms with E-state index >= 15 is 0 Å². The minimum atomic E-state index is 0.227. The molecule has 0 spiro atoms. The Morgan fingerprint density at radius 2 is 1.74 bits per heavy atom. The Morgan fingerprint density at radius 1 is 1.00 bits per heavy atom. The van der Waals surface area contributed by atoms with E-state index in [4.69, 9.17) is 0 Å². The van der Waals surface area contributed by atoms with Gasteiger partial charge in [0.05, 0.1) is 5.69 Å². The summed E-state index contributed by atoms with van der Waals surface area (Å²) >= 11 is 0. The van der Waals surface area contributed by atoms with Gasteiger partial charge >= 0.3 is 0 Å². The third-order valence-electron chi connectivity index (χ3n) is 4.14. The van der Waals surface area contributed by atoms with Gasteiger partial charge in [0.15, 0.2) is 0 Å². The molecule has 1 atom stereocenters. The first kappa shape index (κ1) is 12.2. The van der Waals surface area contributed by atoms with Crippen molar-refractivity contribution in [3.63, 3.8) is 0 Å². The monoisotopic (exact) mass is 253 g/mol. The SMILES string of the molecule is Oc1cccnc1[C@@H](c1ccccc1)C1CCCC1. The van der Waals surface area contributed by atoms with Gasteiger partial charge in [-0.2, -0.15) is 0 Å². The van der Waals surface area contributed by atoms with Gasteiger partial charge in [-0.15, -0.1) is 0 Å². The highest BCUT2D eigenvalue weighted by Crippen LogP contribution is 2.42. The molecule has 1 heterocycles. The number of rotatable bonds is 3. The van der Waals surface area contributed by atoms with Crippen LogP contribution in [0.5, 0.6) is 5.75 Å². The van der Waals surface area contributed by atoms with E-state index in [1.54, 1.807) is 18.3 Å². The normalized spacial score (nSPS) is 17.5. The van der Waals surface area contributed by atoms with Crippen LogP contribution in [0.1, 0.15) is 42.9 Å². The summed E-state index contributed by atoms with van der Waals surface area (Å²) in [7, 11) is 0. The quantitative estimate of drug-likeness (QED) is 0.893. The van der Waals surface area contributed by atoms with Crippen LogP contribution >= 0.6 is 0 Å². The molecule has 1 saturated carbocycles. The van der Waals surface area contributed by atoms with Crippen LogP contribution in [0.2, 0.25) is 0 Å². The van der Waals surface area contributed by atoms with E-state index in [9.17, 15) is 5.11 Å². The molecule has 98 valence electrons. The molecule has 1 aromatic heterocycles. The summed E-state index contributed by atoms with van der Waals surface area (Å²) in [5.74, 6) is 1.15. The van der Waals surface area contributed by atoms with E-state index in [2.05, 4.69) is 29.2 Å². The molecule has 0 amide bonds. The lowest BCUT2D eigenvalue weighted by Gasteiger charge is -2.24. The van der Waals surface area contributed by atoms with Crippen molar-refractivity contribution in [3.05, 3.63) is 59.9 Å². The highest BCUT2D eigenvalue weighted by molar-refractivity contribution is 5.37. The van der Waals surface area contributed by atoms with E-state index < -0.39 is 0 Å². The van der Waals surface area contributed by atoms with Crippen molar-refractivity contribution < 1.29 is 5.11 Å². The summed E-state index contributed by atoms with van der Waals surface area (Å²) in [5, 5.41) is 10.1. The fourth-order valence-corrected chi connectivity index (χ4v) is 3.25. The number of hydrogen-bond acceptors (Lipinski definition) is 2. The van der Waals surface area contributed by atoms with Crippen molar-refractivity contribution in [3.8, 4) is 5.75 Å². The van der Waals surface area contributed by atoms with E-state index in [0.29, 0.717) is 11.7 Å². The molecular weight excluding hydrogens is 234 g/mol. The first-order valence-electron chi connectivity index (χ1n) is 7.05. The molecule has 0 bridgehead atoms. The zero-order chi connectivity index (χ0) is 13.1. The third kappa shape index (κ3) is 2.48. The van der Waals surface area contributed by atoms with Gasteiger partial charge in [-0.1, -0.05) is 43.2 Å². The average Bonchev–Trinajstić information content (AvgIpc) is 2.96. The molecule has 0 unspecified atom stereocenters. The average molecular weight is 253 g/mol. The fourth-order valence-electron chi connectivity index (χ4n) is 3.25. The number of benzene rings is 1. The first-order valence-corrected chi connectivity index (χ1v) is 7.05. The standard InChI is InChI=1S/C17H19NO/c19-15-11-6-12-18-17(15)16(14-9-4-5-10-14)13-7-2-1-3-8-13/h1-3,6-8,11-12,14,16,19H,4-5,9-10H2/t16-/m0/s1. The second kappa shape index (κ2) is 5.43. The zero-order valence-electron chi connectivity index (χ0n) is 11.0. The van der Waals surface area contributed by atoms with E-state index in [0.717, 1.165) is 5.69 Å². The van der Waals surface area contributed by atoms with Gasteiger partial charge in [-0.25, -0.2) is 0 Å². The third-order valence-corrected chi connectivity index (χ3v) is 4.14. The topological polar surface area (TPSA) is 33.1 Å². The summed E-state index contributed by atoms with van der Waals surface area (Å²) in [5.41, 5.74) is 2.10. The Balaban J connectivity index is 2.04. The summed E-state index contributed by atoms with van der Waals surface area (Å²) in [6.45, 7) is 0. The number of pyridine rings is 1. The Morgan fingerprint density at radius 3 is 2.42 bits per heavy atom. The molecule has 1 fully saturated rings. The number of aromatic hydroxyl groups is 1. The fraction of sp³-hybridized carbons (Fsp3) is 0.353. The van der Waals surface area contributed by atoms with Crippen molar-refractivity contribution >= 4 is 0 Å². The molecular formula is C17H19NO. The van der Waals surface area contributed by atoms with Crippen LogP contribution in [0.25, 0.3) is 0 Å². The Labute approximate surface area is 114 Å². The maximum Gasteiger partial charge on any atom is 0.137 e. The van der Waals surface area contributed by atoms with Gasteiger partial charge in [0.2, 0.25) is 0 Å². The highest BCUT2D eigenvalue weighted by Gasteiger charge is 2.30. The predicted molar refractivity (Wildman–Crippen MR) is 76.1 cm³/mol. The molecule has 2 nitrogen and oxygen atoms in total. The lowest BCUT2D eigenvalue weighted by atomic mass is 9.82. The van der Waals surface area contributed by atoms with Crippen LogP contribution in [-0.4, -0.2) is 10.1 Å². The largest absolute Gasteiger partial charge is 0.506 e. The van der Waals surface area contributed by atoms with Crippen LogP contribution in [0.4, 0.5) is 0 Å². The van der Waals surface area contributed by atoms with E-state index in [1.165, 1.54) is 31.2 Å². The molecule has 0 saturated heterocycles. The van der Waals surface area contributed by atoms with Crippen LogP contribution in [0, 0.1) is 5.92 Å². The van der Waals surface area contributed by atoms with Crippen LogP contribution < -0.4 is 0 Å². The van der Waals surface area contributed by atoms with E-state index in [1.807, 2.05) is 6.07 Å². The second-order valence-electron chi connectivity index (χ2n) is 5.34. The first-order chi connectivity index (χ1) is 9.36. The van der Waals surface area contributed by atoms with Gasteiger partial charge in [0, 0.05) is 12.1 Å². The molecule has 1 N–H and O–H groups in total. The van der Waals surface area contributed by atoms with Crippen molar-refractivity contribution in [1.29, 1.82) is 0 Å². The molecule has 1 aliphatic rings. The maximum atomic E-state index is 10.1. The summed E-state index contributed by atoms with van der Waals surface area (Å²) < 4.78 is 0. The predicted octanol–water partition coefficient (Wildman–Crippen LogP) is 4.11. The Kier molecular flexibility index (Phi) is 3.49. The van der Waals surface area contributed by atoms with Crippen molar-refractivity contribution in [2.24, 2.45) is 5.92 Å². The minimum absolute atomic E-state index is 0.227. The number of aromatic nitrogens is 1. The van der Waals surface area contributed by atoms with Gasteiger partial charge in [-0.05, 0) is 36.5 Å². The van der Waals surface area contributed by atoms with Gasteiger partial charge < -0.3 is 5.11 Å². The zero-order valence-corrected chi connectivity index (χ0v) is 11.0. The molecule has 1 aromatic carbocycles. The lowest BCUT2D eigenvalue weighted by molar-refractivity contribution is 0.426. The minimum Gasteiger partial charge on any atom is -0.506 e. The Bertz CT molecular complexity index is 532. The molecule has 0 aliphatic heterocycles. The molecule has 2 heteroatoms. The van der Waals surface area contributed by atoms with Crippen molar-refractivity contribution in [2.45, 2.75) is 31.6 Å². The van der Waals surface area contributed by atoms with Gasteiger partial charge in [0.1, 0.15) is 5.75 Å². The second-order valence-corrected chi connectivity index (χ2v) is 5.34. The molecule has 3 rings (SSSR count). The van der Waals surface area contributed by atoms with Gasteiger partial charge in [-0.3, -0.25) is 4.98 Å². The molecule has 2 aromatic rings. The van der Waals surface area contributed by atoms with Crippen LogP contribution in [-0.2, 0) is 0 Å². The van der Waals surface area contributed by atoms with E-state index in [-0.39, 0.29) is 5.92 Å². The highest BCUT2D eigenvalue weighted by atomic mass is 16.3. The summed E-state index contributed by atoms with van der Waals surface area (Å²) in [4.78, 5) is 4.45. The van der Waals surface area contributed by atoms with Gasteiger partial charge in [0.25, 0.3) is 0 Å². The van der Waals surface area contributed by atoms with Crippen molar-refractivity contribution in [1.82, 2.24) is 4.98 Å². The van der Waals surface area contributed by atoms with Crippen molar-refractivity contribution in [2.75, 3.05) is 0 Å². The van der Waals surface area contributed by atoms with Crippen LogP contribution in [0.15, 0.2) is 48.7 Å². The molecule has 0 radical (unpaired) electrons.